The predicted molar refractivity (Wildman–Crippen MR) is 124 cm³/mol. The van der Waals surface area contributed by atoms with Crippen molar-refractivity contribution in [2.45, 2.75) is 23.5 Å². The van der Waals surface area contributed by atoms with Crippen LogP contribution in [-0.4, -0.2) is 27.1 Å². The highest BCUT2D eigenvalue weighted by molar-refractivity contribution is 7.80. The number of carbonyl (C=O) groups excluding carboxylic acids is 2. The first-order chi connectivity index (χ1) is 14.1. The zero-order valence-corrected chi connectivity index (χ0v) is 18.8. The summed E-state index contributed by atoms with van der Waals surface area (Å²) >= 11 is 23.1. The van der Waals surface area contributed by atoms with E-state index in [4.69, 9.17) is 51.8 Å². The van der Waals surface area contributed by atoms with E-state index >= 15 is 0 Å². The molecule has 0 saturated carbocycles. The number of hydrogen-bond acceptors (Lipinski definition) is 4. The number of alkyl carbamates (subject to hydrolysis) is 1. The van der Waals surface area contributed by atoms with Crippen molar-refractivity contribution in [2.75, 3.05) is 10.6 Å². The molecule has 0 aliphatic rings. The van der Waals surface area contributed by atoms with Crippen molar-refractivity contribution in [2.24, 2.45) is 0 Å². The van der Waals surface area contributed by atoms with E-state index in [1.165, 1.54) is 6.92 Å². The molecule has 2 rings (SSSR count). The molecule has 2 aromatic rings. The van der Waals surface area contributed by atoms with Crippen LogP contribution < -0.4 is 21.3 Å². The van der Waals surface area contributed by atoms with E-state index in [9.17, 15) is 9.59 Å². The molecule has 160 valence electrons. The number of nitrogens with one attached hydrogen (secondary N) is 4. The standard InChI is InChI=1S/C19H19Cl3N4O3S/c1-12(27)23-14-8-5-9-15(10-14)24-17(30)25-16(19(20,21)22)26-18(28)29-11-13-6-3-2-4-7-13/h2-10,16H,11H2,1H3,(H,23,27)(H,26,28)(H2,24,25,30). The van der Waals surface area contributed by atoms with E-state index in [0.29, 0.717) is 11.4 Å². The predicted octanol–water partition coefficient (Wildman–Crippen LogP) is 4.55. The van der Waals surface area contributed by atoms with E-state index in [-0.39, 0.29) is 17.6 Å². The Morgan fingerprint density at radius 2 is 1.63 bits per heavy atom. The molecule has 1 atom stereocenters. The first-order valence-corrected chi connectivity index (χ1v) is 10.2. The average molecular weight is 490 g/mol. The quantitative estimate of drug-likeness (QED) is 0.270. The Morgan fingerprint density at radius 1 is 1.00 bits per heavy atom. The monoisotopic (exact) mass is 488 g/mol. The van der Waals surface area contributed by atoms with Crippen molar-refractivity contribution < 1.29 is 14.3 Å². The van der Waals surface area contributed by atoms with Crippen LogP contribution in [0.5, 0.6) is 0 Å². The Hall–Kier alpha value is -2.26. The van der Waals surface area contributed by atoms with Crippen molar-refractivity contribution in [3.05, 3.63) is 60.2 Å². The summed E-state index contributed by atoms with van der Waals surface area (Å²) in [5.74, 6) is -0.206. The van der Waals surface area contributed by atoms with Gasteiger partial charge in [0, 0.05) is 18.3 Å². The fourth-order valence-corrected chi connectivity index (χ4v) is 2.82. The summed E-state index contributed by atoms with van der Waals surface area (Å²) in [5.41, 5.74) is 1.96. The maximum Gasteiger partial charge on any atom is 0.409 e. The number of carbonyl (C=O) groups is 2. The Balaban J connectivity index is 1.94. The minimum Gasteiger partial charge on any atom is -0.445 e. The van der Waals surface area contributed by atoms with E-state index in [0.717, 1.165) is 5.56 Å². The second-order valence-corrected chi connectivity index (χ2v) is 8.82. The highest BCUT2D eigenvalue weighted by Crippen LogP contribution is 2.29. The molecule has 1 unspecified atom stereocenters. The number of halogens is 3. The van der Waals surface area contributed by atoms with Gasteiger partial charge < -0.3 is 20.7 Å². The van der Waals surface area contributed by atoms with Crippen LogP contribution in [0.3, 0.4) is 0 Å². The summed E-state index contributed by atoms with van der Waals surface area (Å²) in [7, 11) is 0. The minimum absolute atomic E-state index is 0.0535. The molecule has 0 radical (unpaired) electrons. The lowest BCUT2D eigenvalue weighted by Crippen LogP contribution is -2.56. The Morgan fingerprint density at radius 3 is 2.23 bits per heavy atom. The smallest absolute Gasteiger partial charge is 0.409 e. The highest BCUT2D eigenvalue weighted by atomic mass is 35.6. The molecule has 2 amide bonds. The van der Waals surface area contributed by atoms with Gasteiger partial charge in [0.1, 0.15) is 6.61 Å². The normalized spacial score (nSPS) is 11.7. The molecule has 2 aromatic carbocycles. The number of hydrogen-bond donors (Lipinski definition) is 4. The SMILES string of the molecule is CC(=O)Nc1cccc(NC(=S)NC(NC(=O)OCc2ccccc2)C(Cl)(Cl)Cl)c1. The molecular weight excluding hydrogens is 471 g/mol. The second kappa shape index (κ2) is 11.2. The van der Waals surface area contributed by atoms with Crippen LogP contribution in [-0.2, 0) is 16.1 Å². The number of amides is 2. The van der Waals surface area contributed by atoms with E-state index in [1.54, 1.807) is 24.3 Å². The molecule has 0 fully saturated rings. The largest absolute Gasteiger partial charge is 0.445 e. The fourth-order valence-electron chi connectivity index (χ4n) is 2.26. The molecule has 0 heterocycles. The fraction of sp³-hybridized carbons (Fsp3) is 0.211. The molecule has 0 saturated heterocycles. The van der Waals surface area contributed by atoms with Gasteiger partial charge in [-0.1, -0.05) is 71.2 Å². The molecular formula is C19H19Cl3N4O3S. The molecule has 0 aliphatic heterocycles. The zero-order chi connectivity index (χ0) is 22.1. The number of thiocarbonyl (C=S) groups is 1. The maximum absolute atomic E-state index is 12.1. The van der Waals surface area contributed by atoms with Crippen LogP contribution in [0.4, 0.5) is 16.2 Å². The lowest BCUT2D eigenvalue weighted by Gasteiger charge is -2.27. The van der Waals surface area contributed by atoms with Gasteiger partial charge in [0.2, 0.25) is 9.70 Å². The van der Waals surface area contributed by atoms with Gasteiger partial charge in [-0.2, -0.15) is 0 Å². The number of alkyl halides is 3. The van der Waals surface area contributed by atoms with Crippen LogP contribution in [0, 0.1) is 0 Å². The Kier molecular flexibility index (Phi) is 8.98. The van der Waals surface area contributed by atoms with Gasteiger partial charge in [0.05, 0.1) is 0 Å². The first-order valence-electron chi connectivity index (χ1n) is 8.62. The molecule has 0 aliphatic carbocycles. The lowest BCUT2D eigenvalue weighted by atomic mass is 10.2. The van der Waals surface area contributed by atoms with Crippen LogP contribution in [0.25, 0.3) is 0 Å². The van der Waals surface area contributed by atoms with Crippen molar-refractivity contribution in [1.29, 1.82) is 0 Å². The summed E-state index contributed by atoms with van der Waals surface area (Å²) in [6, 6.07) is 16.0. The van der Waals surface area contributed by atoms with Gasteiger partial charge in [-0.15, -0.1) is 0 Å². The summed E-state index contributed by atoms with van der Waals surface area (Å²) in [5, 5.41) is 10.8. The number of ether oxygens (including phenoxy) is 1. The Bertz CT molecular complexity index is 894. The van der Waals surface area contributed by atoms with Gasteiger partial charge in [-0.05, 0) is 36.0 Å². The van der Waals surface area contributed by atoms with Gasteiger partial charge in [0.25, 0.3) is 0 Å². The Labute approximate surface area is 194 Å². The van der Waals surface area contributed by atoms with Crippen LogP contribution >= 0.6 is 47.0 Å². The van der Waals surface area contributed by atoms with Crippen LogP contribution in [0.2, 0.25) is 0 Å². The third-order valence-corrected chi connectivity index (χ3v) is 4.39. The molecule has 11 heteroatoms. The van der Waals surface area contributed by atoms with Crippen molar-refractivity contribution in [3.63, 3.8) is 0 Å². The third-order valence-electron chi connectivity index (χ3n) is 3.52. The third kappa shape index (κ3) is 8.62. The van der Waals surface area contributed by atoms with Crippen molar-refractivity contribution in [1.82, 2.24) is 10.6 Å². The van der Waals surface area contributed by atoms with E-state index < -0.39 is 16.1 Å². The first kappa shape index (κ1) is 24.0. The molecule has 4 N–H and O–H groups in total. The summed E-state index contributed by atoms with van der Waals surface area (Å²) < 4.78 is 3.22. The number of rotatable bonds is 6. The molecule has 7 nitrogen and oxygen atoms in total. The van der Waals surface area contributed by atoms with E-state index in [2.05, 4.69) is 21.3 Å². The summed E-state index contributed by atoms with van der Waals surface area (Å²) in [6.45, 7) is 1.46. The van der Waals surface area contributed by atoms with E-state index in [1.807, 2.05) is 30.3 Å². The number of anilines is 2. The van der Waals surface area contributed by atoms with Crippen molar-refractivity contribution >= 4 is 75.5 Å². The number of benzene rings is 2. The summed E-state index contributed by atoms with van der Waals surface area (Å²) in [6.07, 6.45) is -1.97. The van der Waals surface area contributed by atoms with Gasteiger partial charge in [-0.3, -0.25) is 10.1 Å². The second-order valence-electron chi connectivity index (χ2n) is 6.04. The zero-order valence-electron chi connectivity index (χ0n) is 15.7. The topological polar surface area (TPSA) is 91.5 Å². The van der Waals surface area contributed by atoms with Crippen LogP contribution in [0.15, 0.2) is 54.6 Å². The van der Waals surface area contributed by atoms with Crippen molar-refractivity contribution in [3.8, 4) is 0 Å². The average Bonchev–Trinajstić information content (AvgIpc) is 2.65. The highest BCUT2D eigenvalue weighted by Gasteiger charge is 2.35. The minimum atomic E-state index is -1.92. The summed E-state index contributed by atoms with van der Waals surface area (Å²) in [4.78, 5) is 23.3. The molecule has 0 aromatic heterocycles. The maximum atomic E-state index is 12.1. The molecule has 0 bridgehead atoms. The molecule has 0 spiro atoms. The van der Waals surface area contributed by atoms with Crippen LogP contribution in [0.1, 0.15) is 12.5 Å². The van der Waals surface area contributed by atoms with Gasteiger partial charge in [0.15, 0.2) is 11.3 Å². The van der Waals surface area contributed by atoms with Gasteiger partial charge >= 0.3 is 6.09 Å². The molecule has 30 heavy (non-hydrogen) atoms. The lowest BCUT2D eigenvalue weighted by molar-refractivity contribution is -0.114. The van der Waals surface area contributed by atoms with Gasteiger partial charge in [-0.25, -0.2) is 4.79 Å².